The van der Waals surface area contributed by atoms with E-state index in [-0.39, 0.29) is 0 Å². The molecule has 114 valence electrons. The molecule has 0 saturated carbocycles. The largest absolute Gasteiger partial charge is 0.398 e. The molecule has 2 atom stereocenters. The molecule has 1 aromatic heterocycles. The number of hydrogen-bond donors (Lipinski definition) is 2. The number of H-pyrrole nitrogens is 1. The Labute approximate surface area is 135 Å². The Hall–Kier alpha value is -1.58. The molecular formula is C18H22ClN3+2. The first kappa shape index (κ1) is 14.0. The Morgan fingerprint density at radius 1 is 1.32 bits per heavy atom. The summed E-state index contributed by atoms with van der Waals surface area (Å²) in [5, 5.41) is 1.84. The SMILES string of the molecule is Nc1c2c([nH+]c3cc(Cl)ccc13)CC1C=C(CC[NH3+])CC2C1. The third-order valence-electron chi connectivity index (χ3n) is 5.11. The molecule has 2 bridgehead atoms. The second-order valence-corrected chi connectivity index (χ2v) is 7.09. The van der Waals surface area contributed by atoms with Crippen LogP contribution in [0.5, 0.6) is 0 Å². The van der Waals surface area contributed by atoms with E-state index in [1.165, 1.54) is 17.7 Å². The fourth-order valence-electron chi connectivity index (χ4n) is 4.29. The molecule has 0 spiro atoms. The molecule has 4 rings (SSSR count). The molecule has 1 aromatic carbocycles. The highest BCUT2D eigenvalue weighted by Gasteiger charge is 2.36. The Bertz CT molecular complexity index is 781. The van der Waals surface area contributed by atoms with Crippen LogP contribution in [0.3, 0.4) is 0 Å². The summed E-state index contributed by atoms with van der Waals surface area (Å²) in [6.45, 7) is 0.982. The third-order valence-corrected chi connectivity index (χ3v) is 5.35. The lowest BCUT2D eigenvalue weighted by molar-refractivity contribution is -0.366. The lowest BCUT2D eigenvalue weighted by Crippen LogP contribution is -2.50. The number of allylic oxidation sites excluding steroid dienone is 1. The van der Waals surface area contributed by atoms with Crippen LogP contribution in [0.4, 0.5) is 5.69 Å². The minimum absolute atomic E-state index is 0.552. The molecule has 0 saturated heterocycles. The van der Waals surface area contributed by atoms with Gasteiger partial charge in [0, 0.05) is 29.5 Å². The summed E-state index contributed by atoms with van der Waals surface area (Å²) < 4.78 is 0. The maximum atomic E-state index is 6.55. The first-order valence-corrected chi connectivity index (χ1v) is 8.45. The van der Waals surface area contributed by atoms with Crippen LogP contribution in [0.15, 0.2) is 29.8 Å². The van der Waals surface area contributed by atoms with E-state index in [0.29, 0.717) is 11.8 Å². The number of nitrogens with one attached hydrogen (secondary N) is 1. The molecule has 22 heavy (non-hydrogen) atoms. The van der Waals surface area contributed by atoms with E-state index in [2.05, 4.69) is 16.8 Å². The third kappa shape index (κ3) is 2.20. The summed E-state index contributed by atoms with van der Waals surface area (Å²) >= 11 is 6.13. The van der Waals surface area contributed by atoms with Crippen molar-refractivity contribution in [2.24, 2.45) is 5.92 Å². The molecule has 1 heterocycles. The van der Waals surface area contributed by atoms with Crippen LogP contribution in [0, 0.1) is 5.92 Å². The molecule has 2 aliphatic carbocycles. The quantitative estimate of drug-likeness (QED) is 0.821. The molecule has 0 aliphatic heterocycles. The van der Waals surface area contributed by atoms with Crippen molar-refractivity contribution in [2.75, 3.05) is 12.3 Å². The number of anilines is 1. The predicted octanol–water partition coefficient (Wildman–Crippen LogP) is 2.50. The number of nitrogens with two attached hydrogens (primary N) is 1. The number of halogens is 1. The lowest BCUT2D eigenvalue weighted by Gasteiger charge is -2.33. The summed E-state index contributed by atoms with van der Waals surface area (Å²) in [6.07, 6.45) is 7.02. The van der Waals surface area contributed by atoms with Crippen LogP contribution in [0.2, 0.25) is 5.02 Å². The summed E-state index contributed by atoms with van der Waals surface area (Å²) in [5.41, 5.74) is 16.8. The van der Waals surface area contributed by atoms with E-state index < -0.39 is 0 Å². The van der Waals surface area contributed by atoms with Crippen LogP contribution in [0.1, 0.15) is 36.4 Å². The zero-order valence-corrected chi connectivity index (χ0v) is 13.4. The Morgan fingerprint density at radius 3 is 3.00 bits per heavy atom. The van der Waals surface area contributed by atoms with Crippen LogP contribution >= 0.6 is 11.6 Å². The fourth-order valence-corrected chi connectivity index (χ4v) is 4.46. The average Bonchev–Trinajstić information content (AvgIpc) is 2.46. The van der Waals surface area contributed by atoms with Gasteiger partial charge in [0.15, 0.2) is 5.69 Å². The zero-order chi connectivity index (χ0) is 15.3. The Morgan fingerprint density at radius 2 is 2.18 bits per heavy atom. The molecule has 2 aliphatic rings. The number of pyridine rings is 1. The van der Waals surface area contributed by atoms with Gasteiger partial charge in [0.1, 0.15) is 0 Å². The number of rotatable bonds is 2. The highest BCUT2D eigenvalue weighted by Crippen LogP contribution is 2.46. The normalized spacial score (nSPS) is 23.3. The van der Waals surface area contributed by atoms with Crippen molar-refractivity contribution in [1.82, 2.24) is 0 Å². The van der Waals surface area contributed by atoms with Gasteiger partial charge in [-0.2, -0.15) is 0 Å². The average molecular weight is 316 g/mol. The zero-order valence-electron chi connectivity index (χ0n) is 12.7. The van der Waals surface area contributed by atoms with E-state index in [0.717, 1.165) is 47.4 Å². The van der Waals surface area contributed by atoms with Crippen molar-refractivity contribution in [3.05, 3.63) is 46.1 Å². The van der Waals surface area contributed by atoms with Crippen molar-refractivity contribution in [3.63, 3.8) is 0 Å². The number of quaternary nitrogens is 1. The highest BCUT2D eigenvalue weighted by atomic mass is 35.5. The van der Waals surface area contributed by atoms with Crippen LogP contribution in [-0.2, 0) is 6.42 Å². The standard InChI is InChI=1S/C18H20ClN3/c19-13-1-2-14-15(9-13)22-16-8-11-5-10(3-4-20)6-12(7-11)17(16)18(14)21/h1-2,5,9,11-12H,3-4,6-8,20H2,(H2,21,22)/p+2. The summed E-state index contributed by atoms with van der Waals surface area (Å²) in [7, 11) is 0. The number of nitrogen functional groups attached to an aromatic ring is 1. The summed E-state index contributed by atoms with van der Waals surface area (Å²) in [6, 6.07) is 5.93. The summed E-state index contributed by atoms with van der Waals surface area (Å²) in [4.78, 5) is 3.60. The number of hydrogen-bond acceptors (Lipinski definition) is 1. The number of benzene rings is 1. The molecule has 3 nitrogen and oxygen atoms in total. The lowest BCUT2D eigenvalue weighted by atomic mass is 9.70. The minimum Gasteiger partial charge on any atom is -0.398 e. The van der Waals surface area contributed by atoms with Gasteiger partial charge in [-0.1, -0.05) is 23.3 Å². The molecule has 2 aromatic rings. The van der Waals surface area contributed by atoms with Crippen molar-refractivity contribution in [3.8, 4) is 0 Å². The second kappa shape index (κ2) is 5.25. The molecule has 4 heteroatoms. The molecule has 0 fully saturated rings. The van der Waals surface area contributed by atoms with E-state index in [9.17, 15) is 0 Å². The number of fused-ring (bicyclic) bond motifs is 5. The van der Waals surface area contributed by atoms with Crippen molar-refractivity contribution >= 4 is 28.2 Å². The molecule has 6 N–H and O–H groups in total. The van der Waals surface area contributed by atoms with Gasteiger partial charge in [0.05, 0.1) is 17.6 Å². The van der Waals surface area contributed by atoms with Crippen LogP contribution < -0.4 is 16.5 Å². The van der Waals surface area contributed by atoms with Gasteiger partial charge in [-0.25, -0.2) is 4.98 Å². The maximum absolute atomic E-state index is 6.55. The molecule has 0 radical (unpaired) electrons. The van der Waals surface area contributed by atoms with Crippen molar-refractivity contribution in [2.45, 2.75) is 31.6 Å². The van der Waals surface area contributed by atoms with Crippen LogP contribution in [-0.4, -0.2) is 6.54 Å². The van der Waals surface area contributed by atoms with E-state index in [1.807, 2.05) is 18.2 Å². The molecule has 2 unspecified atom stereocenters. The van der Waals surface area contributed by atoms with Gasteiger partial charge < -0.3 is 11.5 Å². The van der Waals surface area contributed by atoms with Gasteiger partial charge in [-0.05, 0) is 36.8 Å². The van der Waals surface area contributed by atoms with E-state index in [1.54, 1.807) is 5.57 Å². The second-order valence-electron chi connectivity index (χ2n) is 6.65. The Kier molecular flexibility index (Phi) is 3.35. The van der Waals surface area contributed by atoms with Crippen molar-refractivity contribution in [1.29, 1.82) is 0 Å². The Balaban J connectivity index is 1.85. The van der Waals surface area contributed by atoms with Gasteiger partial charge >= 0.3 is 0 Å². The van der Waals surface area contributed by atoms with E-state index in [4.69, 9.17) is 17.3 Å². The molecule has 0 amide bonds. The fraction of sp³-hybridized carbons (Fsp3) is 0.389. The van der Waals surface area contributed by atoms with Gasteiger partial charge in [0.2, 0.25) is 5.52 Å². The molecular weight excluding hydrogens is 294 g/mol. The summed E-state index contributed by atoms with van der Waals surface area (Å²) in [5.74, 6) is 1.19. The highest BCUT2D eigenvalue weighted by molar-refractivity contribution is 6.31. The van der Waals surface area contributed by atoms with Gasteiger partial charge in [0.25, 0.3) is 0 Å². The first-order valence-electron chi connectivity index (χ1n) is 8.07. The van der Waals surface area contributed by atoms with E-state index >= 15 is 0 Å². The van der Waals surface area contributed by atoms with Crippen molar-refractivity contribution < 1.29 is 10.7 Å². The van der Waals surface area contributed by atoms with Gasteiger partial charge in [-0.3, -0.25) is 0 Å². The van der Waals surface area contributed by atoms with Crippen LogP contribution in [0.25, 0.3) is 10.9 Å². The first-order chi connectivity index (χ1) is 10.7. The maximum Gasteiger partial charge on any atom is 0.214 e. The number of aromatic nitrogens is 1. The topological polar surface area (TPSA) is 67.8 Å². The predicted molar refractivity (Wildman–Crippen MR) is 89.6 cm³/mol. The smallest absolute Gasteiger partial charge is 0.214 e. The monoisotopic (exact) mass is 315 g/mol. The number of aromatic amines is 1. The van der Waals surface area contributed by atoms with Gasteiger partial charge in [-0.15, -0.1) is 0 Å². The minimum atomic E-state index is 0.552.